The van der Waals surface area contributed by atoms with E-state index in [-0.39, 0.29) is 0 Å². The number of ether oxygens (including phenoxy) is 2. The number of methoxy groups -OCH3 is 1. The second kappa shape index (κ2) is 3.84. The van der Waals surface area contributed by atoms with E-state index in [0.29, 0.717) is 12.1 Å². The Labute approximate surface area is 86.1 Å². The maximum atomic E-state index is 13.4. The molecule has 0 aromatic heterocycles. The minimum absolute atomic E-state index is 0.491. The molecular weight excluding hydrogens is 220 g/mol. The van der Waals surface area contributed by atoms with Gasteiger partial charge in [0.2, 0.25) is 5.82 Å². The van der Waals surface area contributed by atoms with Crippen molar-refractivity contribution < 1.29 is 36.3 Å². The average Bonchev–Trinajstić information content (AvgIpc) is 2.14. The smallest absolute Gasteiger partial charge is 0.504 e. The molecule has 1 aromatic rings. The second-order valence-electron chi connectivity index (χ2n) is 2.38. The summed E-state index contributed by atoms with van der Waals surface area (Å²) >= 11 is 0. The fraction of sp³-hybridized carbons (Fsp3) is 0.250. The summed E-state index contributed by atoms with van der Waals surface area (Å²) in [5.41, 5.74) is 0. The van der Waals surface area contributed by atoms with Crippen molar-refractivity contribution >= 4 is 0 Å². The Kier molecular flexibility index (Phi) is 1.95. The van der Waals surface area contributed by atoms with E-state index in [2.05, 4.69) is 9.47 Å². The molecule has 0 spiro atoms. The Bertz CT molecular complexity index is 444. The van der Waals surface area contributed by atoms with Gasteiger partial charge in [-0.05, 0) is 12.1 Å². The van der Waals surface area contributed by atoms with E-state index in [4.69, 9.17) is 9.22 Å². The third-order valence-corrected chi connectivity index (χ3v) is 1.37. The molecule has 0 amide bonds. The van der Waals surface area contributed by atoms with Crippen molar-refractivity contribution in [3.05, 3.63) is 17.9 Å². The van der Waals surface area contributed by atoms with Gasteiger partial charge in [0, 0.05) is 0 Å². The van der Waals surface area contributed by atoms with Crippen molar-refractivity contribution in [2.45, 2.75) is 6.36 Å². The van der Waals surface area contributed by atoms with Gasteiger partial charge < -0.3 is 14.6 Å². The van der Waals surface area contributed by atoms with Crippen molar-refractivity contribution in [1.82, 2.24) is 0 Å². The Balaban J connectivity index is 3.15. The normalized spacial score (nSPS) is 15.1. The van der Waals surface area contributed by atoms with Gasteiger partial charge in [-0.1, -0.05) is 0 Å². The molecule has 7 heteroatoms. The number of hydrogen-bond donors (Lipinski definition) is 1. The van der Waals surface area contributed by atoms with E-state index in [1.54, 1.807) is 0 Å². The van der Waals surface area contributed by atoms with Gasteiger partial charge in [0.25, 0.3) is 0 Å². The van der Waals surface area contributed by atoms with E-state index in [1.807, 2.05) is 0 Å². The molecule has 0 radical (unpaired) electrons. The van der Waals surface area contributed by atoms with Crippen LogP contribution in [0.25, 0.3) is 0 Å². The highest BCUT2D eigenvalue weighted by molar-refractivity contribution is 5.46. The molecule has 0 heterocycles. The van der Waals surface area contributed by atoms with Crippen LogP contribution in [0.4, 0.5) is 17.6 Å². The highest BCUT2D eigenvalue weighted by Gasteiger charge is 2.33. The molecule has 0 aliphatic carbocycles. The van der Waals surface area contributed by atoms with Crippen LogP contribution in [0.2, 0.25) is 0 Å². The number of benzene rings is 1. The van der Waals surface area contributed by atoms with Gasteiger partial charge in [-0.2, -0.15) is 4.39 Å². The molecule has 1 N–H and O–H groups in total. The topological polar surface area (TPSA) is 38.7 Å². The minimum Gasteiger partial charge on any atom is -0.504 e. The Morgan fingerprint density at radius 2 is 2.07 bits per heavy atom. The highest BCUT2D eigenvalue weighted by Crippen LogP contribution is 2.36. The lowest BCUT2D eigenvalue weighted by Crippen LogP contribution is -2.18. The van der Waals surface area contributed by atoms with E-state index in [0.717, 1.165) is 0 Å². The number of hydrogen-bond acceptors (Lipinski definition) is 3. The van der Waals surface area contributed by atoms with Crippen LogP contribution in [0.15, 0.2) is 12.1 Å². The zero-order chi connectivity index (χ0) is 14.1. The fourth-order valence-corrected chi connectivity index (χ4v) is 0.828. The van der Waals surface area contributed by atoms with Crippen LogP contribution in [0.1, 0.15) is 4.11 Å². The summed E-state index contributed by atoms with van der Waals surface area (Å²) in [5, 5.41) is 9.13. The molecule has 0 bridgehead atoms. The summed E-state index contributed by atoms with van der Waals surface area (Å²) in [6, 6.07) is 1.11. The highest BCUT2D eigenvalue weighted by atomic mass is 19.4. The first-order chi connectivity index (χ1) is 7.99. The molecule has 1 rings (SSSR count). The van der Waals surface area contributed by atoms with Crippen LogP contribution in [0, 0.1) is 5.82 Å². The first-order valence-electron chi connectivity index (χ1n) is 4.96. The first-order valence-corrected chi connectivity index (χ1v) is 3.46. The Hall–Kier alpha value is -1.66. The van der Waals surface area contributed by atoms with Crippen molar-refractivity contribution in [3.8, 4) is 17.2 Å². The van der Waals surface area contributed by atoms with Crippen molar-refractivity contribution in [3.63, 3.8) is 0 Å². The largest absolute Gasteiger partial charge is 0.573 e. The zero-order valence-electron chi connectivity index (χ0n) is 9.93. The third-order valence-electron chi connectivity index (χ3n) is 1.37. The maximum absolute atomic E-state index is 13.4. The molecule has 0 fully saturated rings. The molecule has 15 heavy (non-hydrogen) atoms. The standard InChI is InChI=1S/C8H6F4O3/c1-14-7-4(13)2-3-5(6(7)9)15-8(10,11)12/h2-3,13H,1H3/i1D3. The van der Waals surface area contributed by atoms with Crippen LogP contribution < -0.4 is 9.47 Å². The molecule has 0 aliphatic rings. The number of rotatable bonds is 2. The van der Waals surface area contributed by atoms with Crippen LogP contribution in [0.3, 0.4) is 0 Å². The lowest BCUT2D eigenvalue weighted by atomic mass is 10.3. The van der Waals surface area contributed by atoms with Gasteiger partial charge in [-0.3, -0.25) is 0 Å². The van der Waals surface area contributed by atoms with E-state index < -0.39 is 36.5 Å². The molecular formula is C8H6F4O3. The monoisotopic (exact) mass is 229 g/mol. The molecule has 0 unspecified atom stereocenters. The number of halogens is 4. The number of phenolic OH excluding ortho intramolecular Hbond substituents is 1. The molecule has 0 atom stereocenters. The van der Waals surface area contributed by atoms with Gasteiger partial charge >= 0.3 is 6.36 Å². The predicted octanol–water partition coefficient (Wildman–Crippen LogP) is 2.44. The molecule has 0 saturated heterocycles. The zero-order valence-corrected chi connectivity index (χ0v) is 6.93. The Morgan fingerprint density at radius 1 is 1.40 bits per heavy atom. The second-order valence-corrected chi connectivity index (χ2v) is 2.38. The SMILES string of the molecule is [2H]C([2H])([2H])Oc1c(O)ccc(OC(F)(F)F)c1F. The van der Waals surface area contributed by atoms with E-state index >= 15 is 0 Å². The van der Waals surface area contributed by atoms with Gasteiger partial charge in [-0.15, -0.1) is 13.2 Å². The summed E-state index contributed by atoms with van der Waals surface area (Å²) in [6.07, 6.45) is -5.16. The summed E-state index contributed by atoms with van der Waals surface area (Å²) in [5.74, 6) is -5.27. The quantitative estimate of drug-likeness (QED) is 0.791. The van der Waals surface area contributed by atoms with Gasteiger partial charge in [0.05, 0.1) is 11.2 Å². The summed E-state index contributed by atoms with van der Waals surface area (Å²) in [7, 11) is -3.13. The molecule has 0 aliphatic heterocycles. The minimum atomic E-state index is -5.16. The van der Waals surface area contributed by atoms with Crippen LogP contribution in [-0.2, 0) is 0 Å². The molecule has 1 aromatic carbocycles. The Morgan fingerprint density at radius 3 is 2.60 bits per heavy atom. The third kappa shape index (κ3) is 2.64. The number of phenols is 1. The molecule has 3 nitrogen and oxygen atoms in total. The molecule has 84 valence electrons. The van der Waals surface area contributed by atoms with Gasteiger partial charge in [-0.25, -0.2) is 0 Å². The van der Waals surface area contributed by atoms with Gasteiger partial charge in [0.15, 0.2) is 17.2 Å². The van der Waals surface area contributed by atoms with E-state index in [9.17, 15) is 17.6 Å². The number of aromatic hydroxyl groups is 1. The first kappa shape index (κ1) is 7.61. The van der Waals surface area contributed by atoms with E-state index in [1.165, 1.54) is 0 Å². The van der Waals surface area contributed by atoms with Crippen molar-refractivity contribution in [2.24, 2.45) is 0 Å². The summed E-state index contributed by atoms with van der Waals surface area (Å²) in [4.78, 5) is 0. The lowest BCUT2D eigenvalue weighted by molar-refractivity contribution is -0.275. The molecule has 0 saturated carbocycles. The number of alkyl halides is 3. The van der Waals surface area contributed by atoms with Crippen LogP contribution in [-0.4, -0.2) is 18.5 Å². The van der Waals surface area contributed by atoms with Crippen molar-refractivity contribution in [2.75, 3.05) is 7.04 Å². The van der Waals surface area contributed by atoms with Crippen LogP contribution in [0.5, 0.6) is 17.2 Å². The lowest BCUT2D eigenvalue weighted by Gasteiger charge is -2.12. The van der Waals surface area contributed by atoms with Gasteiger partial charge in [0.1, 0.15) is 0 Å². The predicted molar refractivity (Wildman–Crippen MR) is 41.3 cm³/mol. The fourth-order valence-electron chi connectivity index (χ4n) is 0.828. The average molecular weight is 229 g/mol. The summed E-state index contributed by atoms with van der Waals surface area (Å²) in [6.45, 7) is 0. The van der Waals surface area contributed by atoms with Crippen molar-refractivity contribution in [1.29, 1.82) is 0 Å². The summed E-state index contributed by atoms with van der Waals surface area (Å²) < 4.78 is 76.5. The maximum Gasteiger partial charge on any atom is 0.573 e. The van der Waals surface area contributed by atoms with Crippen LogP contribution >= 0.6 is 0 Å².